The number of anilines is 1. The maximum Gasteiger partial charge on any atom is 0.433 e. The quantitative estimate of drug-likeness (QED) is 0.202. The molecule has 39 heavy (non-hydrogen) atoms. The molecular weight excluding hydrogens is 529 g/mol. The van der Waals surface area contributed by atoms with Gasteiger partial charge in [0.05, 0.1) is 15.8 Å². The van der Waals surface area contributed by atoms with Crippen molar-refractivity contribution in [3.63, 3.8) is 0 Å². The van der Waals surface area contributed by atoms with E-state index in [1.165, 1.54) is 6.20 Å². The Morgan fingerprint density at radius 2 is 1.92 bits per heavy atom. The van der Waals surface area contributed by atoms with Crippen LogP contribution in [0.25, 0.3) is 5.57 Å². The standard InChI is InChI=1S/C27H35F3N4O2S.CH4O/c1-6-20(25(35)36)8-7-9-21(14-17(2)3)24-33-16-22(37-24)19(5)15-18(4)10-12-31-26-32-13-11-23(34-26)27(28,29)30;1-2/h10-13,15-17,20-21H,5-9,14H2,1-4H3,(H,35,36)(H,31,32,34);2H,1H3/b12-10+,18-15-;/t20-,21?;/m1./s1. The number of allylic oxidation sites excluding steroid dienone is 4. The molecule has 0 aromatic carbocycles. The zero-order valence-electron chi connectivity index (χ0n) is 23.1. The van der Waals surface area contributed by atoms with E-state index in [-0.39, 0.29) is 17.8 Å². The summed E-state index contributed by atoms with van der Waals surface area (Å²) in [5.41, 5.74) is 0.599. The number of alkyl halides is 3. The number of aliphatic hydroxyl groups is 1. The molecule has 11 heteroatoms. The molecule has 2 aromatic heterocycles. The number of aliphatic carboxylic acids is 1. The molecule has 0 bridgehead atoms. The van der Waals surface area contributed by atoms with E-state index in [1.807, 2.05) is 26.1 Å². The molecule has 2 atom stereocenters. The first-order valence-corrected chi connectivity index (χ1v) is 13.6. The van der Waals surface area contributed by atoms with Gasteiger partial charge in [0.1, 0.15) is 5.69 Å². The lowest BCUT2D eigenvalue weighted by Gasteiger charge is -2.18. The molecule has 0 amide bonds. The van der Waals surface area contributed by atoms with Gasteiger partial charge in [0.25, 0.3) is 0 Å². The normalized spacial score (nSPS) is 13.6. The van der Waals surface area contributed by atoms with Gasteiger partial charge in [0.2, 0.25) is 5.95 Å². The Kier molecular flexibility index (Phi) is 14.6. The van der Waals surface area contributed by atoms with Gasteiger partial charge in [-0.05, 0) is 61.8 Å². The summed E-state index contributed by atoms with van der Waals surface area (Å²) in [7, 11) is 1.00. The van der Waals surface area contributed by atoms with Crippen molar-refractivity contribution in [3.05, 3.63) is 64.5 Å². The molecule has 0 aliphatic heterocycles. The lowest BCUT2D eigenvalue weighted by atomic mass is 9.90. The fourth-order valence-electron chi connectivity index (χ4n) is 3.88. The van der Waals surface area contributed by atoms with Crippen LogP contribution in [0, 0.1) is 11.8 Å². The van der Waals surface area contributed by atoms with Crippen LogP contribution < -0.4 is 5.32 Å². The second-order valence-corrected chi connectivity index (χ2v) is 10.5. The molecular formula is C28H39F3N4O3S. The molecule has 0 saturated heterocycles. The van der Waals surface area contributed by atoms with Crippen molar-refractivity contribution in [2.24, 2.45) is 11.8 Å². The summed E-state index contributed by atoms with van der Waals surface area (Å²) in [5.74, 6) is -0.427. The number of aliphatic hydroxyl groups excluding tert-OH is 1. The number of nitrogens with zero attached hydrogens (tertiary/aromatic N) is 3. The number of carbonyl (C=O) groups is 1. The predicted octanol–water partition coefficient (Wildman–Crippen LogP) is 7.56. The molecule has 0 saturated carbocycles. The Balaban J connectivity index is 0.00000371. The van der Waals surface area contributed by atoms with E-state index >= 15 is 0 Å². The Labute approximate surface area is 232 Å². The monoisotopic (exact) mass is 568 g/mol. The number of rotatable bonds is 14. The predicted molar refractivity (Wildman–Crippen MR) is 150 cm³/mol. The van der Waals surface area contributed by atoms with Gasteiger partial charge in [-0.25, -0.2) is 15.0 Å². The zero-order valence-corrected chi connectivity index (χ0v) is 23.9. The van der Waals surface area contributed by atoms with Crippen molar-refractivity contribution in [3.8, 4) is 0 Å². The summed E-state index contributed by atoms with van der Waals surface area (Å²) in [6.45, 7) is 12.2. The number of halogens is 3. The van der Waals surface area contributed by atoms with Crippen LogP contribution in [0.4, 0.5) is 19.1 Å². The molecule has 2 aromatic rings. The van der Waals surface area contributed by atoms with Crippen LogP contribution in [0.5, 0.6) is 0 Å². The Hall–Kier alpha value is -3.05. The molecule has 7 nitrogen and oxygen atoms in total. The SMILES string of the molecule is C=C(/C=C(C)\C=C\Nc1nccc(C(F)(F)F)n1)c1cnc(C(CCC[C@@H](CC)C(=O)O)CC(C)C)s1.CO. The third kappa shape index (κ3) is 12.1. The van der Waals surface area contributed by atoms with Crippen molar-refractivity contribution < 1.29 is 28.2 Å². The average molecular weight is 569 g/mol. The molecule has 2 heterocycles. The van der Waals surface area contributed by atoms with Gasteiger partial charge in [0.15, 0.2) is 0 Å². The number of nitrogens with one attached hydrogen (secondary N) is 1. The Morgan fingerprint density at radius 1 is 1.23 bits per heavy atom. The van der Waals surface area contributed by atoms with Crippen molar-refractivity contribution in [1.82, 2.24) is 15.0 Å². The van der Waals surface area contributed by atoms with E-state index in [1.54, 1.807) is 17.4 Å². The van der Waals surface area contributed by atoms with Crippen LogP contribution in [-0.2, 0) is 11.0 Å². The molecule has 216 valence electrons. The maximum atomic E-state index is 12.8. The number of carboxylic acid groups (broad SMARTS) is 1. The van der Waals surface area contributed by atoms with Gasteiger partial charge in [-0.15, -0.1) is 11.3 Å². The first-order chi connectivity index (χ1) is 18.4. The summed E-state index contributed by atoms with van der Waals surface area (Å²) in [6.07, 6.45) is 7.39. The highest BCUT2D eigenvalue weighted by atomic mass is 32.1. The fourth-order valence-corrected chi connectivity index (χ4v) is 4.88. The molecule has 2 rings (SSSR count). The minimum absolute atomic E-state index is 0.144. The van der Waals surface area contributed by atoms with Gasteiger partial charge in [-0.3, -0.25) is 4.79 Å². The molecule has 0 fully saturated rings. The number of aromatic nitrogens is 3. The van der Waals surface area contributed by atoms with Crippen molar-refractivity contribution >= 4 is 28.8 Å². The Morgan fingerprint density at radius 3 is 2.51 bits per heavy atom. The van der Waals surface area contributed by atoms with E-state index in [0.717, 1.165) is 59.7 Å². The van der Waals surface area contributed by atoms with E-state index < -0.39 is 17.8 Å². The number of thiazole rings is 1. The zero-order chi connectivity index (χ0) is 29.6. The van der Waals surface area contributed by atoms with Gasteiger partial charge < -0.3 is 15.5 Å². The molecule has 0 radical (unpaired) electrons. The van der Waals surface area contributed by atoms with Gasteiger partial charge in [0, 0.05) is 31.6 Å². The highest BCUT2D eigenvalue weighted by Gasteiger charge is 2.32. The van der Waals surface area contributed by atoms with E-state index in [0.29, 0.717) is 18.8 Å². The van der Waals surface area contributed by atoms with Crippen molar-refractivity contribution in [2.45, 2.75) is 71.9 Å². The Bertz CT molecular complexity index is 1110. The van der Waals surface area contributed by atoms with Crippen LogP contribution in [-0.4, -0.2) is 38.2 Å². The summed E-state index contributed by atoms with van der Waals surface area (Å²) < 4.78 is 38.4. The van der Waals surface area contributed by atoms with E-state index in [9.17, 15) is 23.1 Å². The fraction of sp³-hybridized carbons (Fsp3) is 0.500. The number of hydrogen-bond donors (Lipinski definition) is 3. The minimum Gasteiger partial charge on any atom is -0.481 e. The third-order valence-electron chi connectivity index (χ3n) is 5.80. The number of hydrogen-bond acceptors (Lipinski definition) is 7. The van der Waals surface area contributed by atoms with E-state index in [4.69, 9.17) is 5.11 Å². The summed E-state index contributed by atoms with van der Waals surface area (Å²) in [6, 6.07) is 0.817. The minimum atomic E-state index is -4.53. The van der Waals surface area contributed by atoms with Crippen molar-refractivity contribution in [1.29, 1.82) is 0 Å². The summed E-state index contributed by atoms with van der Waals surface area (Å²) >= 11 is 1.59. The second kappa shape index (κ2) is 16.8. The first kappa shape index (κ1) is 34.0. The van der Waals surface area contributed by atoms with Gasteiger partial charge in [-0.2, -0.15) is 13.2 Å². The highest BCUT2D eigenvalue weighted by Crippen LogP contribution is 2.35. The smallest absolute Gasteiger partial charge is 0.433 e. The largest absolute Gasteiger partial charge is 0.481 e. The van der Waals surface area contributed by atoms with Crippen LogP contribution in [0.1, 0.15) is 81.3 Å². The second-order valence-electron chi connectivity index (χ2n) is 9.42. The summed E-state index contributed by atoms with van der Waals surface area (Å²) in [4.78, 5) is 24.2. The number of carboxylic acids is 1. The topological polar surface area (TPSA) is 108 Å². The average Bonchev–Trinajstić information content (AvgIpc) is 3.37. The maximum absolute atomic E-state index is 12.8. The van der Waals surface area contributed by atoms with Gasteiger partial charge >= 0.3 is 12.1 Å². The lowest BCUT2D eigenvalue weighted by molar-refractivity contribution is -0.142. The summed E-state index contributed by atoms with van der Waals surface area (Å²) in [5, 5.41) is 20.0. The lowest BCUT2D eigenvalue weighted by Crippen LogP contribution is -2.13. The molecule has 0 aliphatic carbocycles. The molecule has 0 spiro atoms. The molecule has 3 N–H and O–H groups in total. The van der Waals surface area contributed by atoms with Crippen LogP contribution >= 0.6 is 11.3 Å². The molecule has 1 unspecified atom stereocenters. The third-order valence-corrected chi connectivity index (χ3v) is 7.03. The van der Waals surface area contributed by atoms with Crippen molar-refractivity contribution in [2.75, 3.05) is 12.4 Å². The van der Waals surface area contributed by atoms with Crippen LogP contribution in [0.3, 0.4) is 0 Å². The first-order valence-electron chi connectivity index (χ1n) is 12.7. The van der Waals surface area contributed by atoms with E-state index in [2.05, 4.69) is 40.7 Å². The van der Waals surface area contributed by atoms with Crippen LogP contribution in [0.2, 0.25) is 0 Å². The van der Waals surface area contributed by atoms with Crippen LogP contribution in [0.15, 0.2) is 49.0 Å². The molecule has 0 aliphatic rings. The highest BCUT2D eigenvalue weighted by molar-refractivity contribution is 7.12. The van der Waals surface area contributed by atoms with Gasteiger partial charge in [-0.1, -0.05) is 39.8 Å².